The van der Waals surface area contributed by atoms with E-state index in [4.69, 9.17) is 15.8 Å². The van der Waals surface area contributed by atoms with Crippen molar-refractivity contribution in [3.63, 3.8) is 0 Å². The molecule has 0 bridgehead atoms. The smallest absolute Gasteiger partial charge is 0.163 e. The van der Waals surface area contributed by atoms with Gasteiger partial charge in [-0.2, -0.15) is 5.10 Å². The van der Waals surface area contributed by atoms with Crippen LogP contribution in [0.15, 0.2) is 36.7 Å². The zero-order chi connectivity index (χ0) is 16.7. The molecule has 4 aromatic rings. The van der Waals surface area contributed by atoms with Gasteiger partial charge in [0.1, 0.15) is 12.1 Å². The maximum absolute atomic E-state index is 6.03. The van der Waals surface area contributed by atoms with Gasteiger partial charge in [-0.1, -0.05) is 25.1 Å². The molecule has 0 spiro atoms. The third-order valence-corrected chi connectivity index (χ3v) is 4.31. The fraction of sp³-hybridized carbons (Fsp3) is 0.222. The molecule has 0 radical (unpaired) electrons. The van der Waals surface area contributed by atoms with Gasteiger partial charge in [-0.25, -0.2) is 14.6 Å². The molecule has 0 aliphatic carbocycles. The summed E-state index contributed by atoms with van der Waals surface area (Å²) in [5, 5.41) is 6.67. The molecule has 0 amide bonds. The first-order valence-corrected chi connectivity index (χ1v) is 7.98. The Labute approximate surface area is 139 Å². The number of pyridine rings is 1. The number of fused-ring (bicyclic) bond motifs is 2. The molecule has 0 atom stereocenters. The van der Waals surface area contributed by atoms with Crippen LogP contribution >= 0.6 is 0 Å². The molecule has 0 aliphatic rings. The van der Waals surface area contributed by atoms with Crippen molar-refractivity contribution in [3.05, 3.63) is 53.6 Å². The molecule has 24 heavy (non-hydrogen) atoms. The van der Waals surface area contributed by atoms with Gasteiger partial charge in [0.2, 0.25) is 0 Å². The molecule has 0 saturated heterocycles. The molecule has 2 N–H and O–H groups in total. The van der Waals surface area contributed by atoms with E-state index in [9.17, 15) is 0 Å². The molecule has 0 fully saturated rings. The van der Waals surface area contributed by atoms with E-state index in [1.54, 1.807) is 0 Å². The molecule has 4 rings (SSSR count). The molecule has 0 saturated carbocycles. The lowest BCUT2D eigenvalue weighted by Gasteiger charge is -2.08. The third kappa shape index (κ3) is 2.27. The first-order valence-electron chi connectivity index (χ1n) is 7.98. The minimum Gasteiger partial charge on any atom is -0.383 e. The van der Waals surface area contributed by atoms with Gasteiger partial charge in [0, 0.05) is 11.1 Å². The number of anilines is 1. The summed E-state index contributed by atoms with van der Waals surface area (Å²) in [6, 6.07) is 10.3. The van der Waals surface area contributed by atoms with Crippen LogP contribution in [0.25, 0.3) is 21.9 Å². The number of nitrogens with two attached hydrogens (primary N) is 1. The minimum absolute atomic E-state index is 0.483. The lowest BCUT2D eigenvalue weighted by atomic mass is 10.1. The van der Waals surface area contributed by atoms with E-state index >= 15 is 0 Å². The van der Waals surface area contributed by atoms with Gasteiger partial charge in [-0.15, -0.1) is 0 Å². The highest BCUT2D eigenvalue weighted by atomic mass is 15.3. The Morgan fingerprint density at radius 1 is 1.17 bits per heavy atom. The molecule has 6 heteroatoms. The Bertz CT molecular complexity index is 1050. The topological polar surface area (TPSA) is 82.5 Å². The van der Waals surface area contributed by atoms with Crippen molar-refractivity contribution in [1.29, 1.82) is 0 Å². The fourth-order valence-corrected chi connectivity index (χ4v) is 3.04. The molecule has 0 unspecified atom stereocenters. The number of benzene rings is 1. The number of aryl methyl sites for hydroxylation is 2. The molecular formula is C18H18N6. The maximum Gasteiger partial charge on any atom is 0.163 e. The number of nitrogen functional groups attached to an aromatic ring is 1. The van der Waals surface area contributed by atoms with Crippen molar-refractivity contribution in [1.82, 2.24) is 24.7 Å². The Morgan fingerprint density at radius 2 is 2.00 bits per heavy atom. The lowest BCUT2D eigenvalue weighted by Crippen LogP contribution is -2.06. The zero-order valence-corrected chi connectivity index (χ0v) is 13.7. The Balaban J connectivity index is 1.85. The highest BCUT2D eigenvalue weighted by Crippen LogP contribution is 2.23. The predicted octanol–water partition coefficient (Wildman–Crippen LogP) is 2.88. The summed E-state index contributed by atoms with van der Waals surface area (Å²) >= 11 is 0. The van der Waals surface area contributed by atoms with E-state index < -0.39 is 0 Å². The van der Waals surface area contributed by atoms with E-state index in [0.29, 0.717) is 12.4 Å². The third-order valence-electron chi connectivity index (χ3n) is 4.31. The van der Waals surface area contributed by atoms with Crippen LogP contribution in [0.5, 0.6) is 0 Å². The maximum atomic E-state index is 6.03. The van der Waals surface area contributed by atoms with Crippen LogP contribution in [0, 0.1) is 6.92 Å². The average Bonchev–Trinajstić information content (AvgIpc) is 2.95. The highest BCUT2D eigenvalue weighted by Gasteiger charge is 2.15. The summed E-state index contributed by atoms with van der Waals surface area (Å²) in [5.74, 6) is 0.483. The molecule has 6 nitrogen and oxygen atoms in total. The van der Waals surface area contributed by atoms with Gasteiger partial charge >= 0.3 is 0 Å². The van der Waals surface area contributed by atoms with Crippen LogP contribution in [0.4, 0.5) is 5.82 Å². The van der Waals surface area contributed by atoms with Crippen molar-refractivity contribution < 1.29 is 0 Å². The summed E-state index contributed by atoms with van der Waals surface area (Å²) in [6.45, 7) is 4.69. The summed E-state index contributed by atoms with van der Waals surface area (Å²) in [4.78, 5) is 13.2. The molecule has 0 aliphatic heterocycles. The van der Waals surface area contributed by atoms with Crippen LogP contribution < -0.4 is 5.73 Å². The summed E-state index contributed by atoms with van der Waals surface area (Å²) in [6.07, 6.45) is 2.27. The SMILES string of the molecule is CCc1nn(Cc2cc3ccccc3nc2C)c2ncnc(N)c12. The standard InChI is InChI=1S/C18H18N6/c1-3-14-16-17(19)20-10-21-18(16)24(23-14)9-13-8-12-6-4-5-7-15(12)22-11(13)2/h4-8,10H,3,9H2,1-2H3,(H2,19,20,21). The van der Waals surface area contributed by atoms with Gasteiger partial charge < -0.3 is 5.73 Å². The van der Waals surface area contributed by atoms with Gasteiger partial charge in [0.15, 0.2) is 5.65 Å². The number of hydrogen-bond acceptors (Lipinski definition) is 5. The average molecular weight is 318 g/mol. The Kier molecular flexibility index (Phi) is 3.37. The van der Waals surface area contributed by atoms with Crippen LogP contribution in [0.3, 0.4) is 0 Å². The second kappa shape index (κ2) is 5.56. The normalized spacial score (nSPS) is 11.4. The van der Waals surface area contributed by atoms with Crippen LogP contribution in [-0.2, 0) is 13.0 Å². The second-order valence-electron chi connectivity index (χ2n) is 5.84. The minimum atomic E-state index is 0.483. The quantitative estimate of drug-likeness (QED) is 0.628. The summed E-state index contributed by atoms with van der Waals surface area (Å²) in [5.41, 5.74) is 10.8. The fourth-order valence-electron chi connectivity index (χ4n) is 3.04. The zero-order valence-electron chi connectivity index (χ0n) is 13.7. The van der Waals surface area contributed by atoms with E-state index in [1.807, 2.05) is 29.8 Å². The molecule has 3 aromatic heterocycles. The van der Waals surface area contributed by atoms with Crippen LogP contribution in [0.2, 0.25) is 0 Å². The number of nitrogens with zero attached hydrogens (tertiary/aromatic N) is 5. The van der Waals surface area contributed by atoms with Gasteiger partial charge in [-0.3, -0.25) is 4.98 Å². The van der Waals surface area contributed by atoms with E-state index in [2.05, 4.69) is 29.0 Å². The van der Waals surface area contributed by atoms with Crippen LogP contribution in [0.1, 0.15) is 23.9 Å². The van der Waals surface area contributed by atoms with E-state index in [1.165, 1.54) is 6.33 Å². The molecular weight excluding hydrogens is 300 g/mol. The van der Waals surface area contributed by atoms with Gasteiger partial charge in [0.25, 0.3) is 0 Å². The predicted molar refractivity (Wildman–Crippen MR) is 94.7 cm³/mol. The molecule has 120 valence electrons. The van der Waals surface area contributed by atoms with Gasteiger partial charge in [0.05, 0.1) is 23.1 Å². The number of para-hydroxylation sites is 1. The number of aromatic nitrogens is 5. The second-order valence-corrected chi connectivity index (χ2v) is 5.84. The molecule has 3 heterocycles. The highest BCUT2D eigenvalue weighted by molar-refractivity contribution is 5.88. The van der Waals surface area contributed by atoms with Crippen molar-refractivity contribution in [3.8, 4) is 0 Å². The molecule has 1 aromatic carbocycles. The first-order chi connectivity index (χ1) is 11.7. The summed E-state index contributed by atoms with van der Waals surface area (Å²) < 4.78 is 1.89. The first kappa shape index (κ1) is 14.6. The van der Waals surface area contributed by atoms with E-state index in [-0.39, 0.29) is 0 Å². The van der Waals surface area contributed by atoms with Crippen molar-refractivity contribution in [2.24, 2.45) is 0 Å². The van der Waals surface area contributed by atoms with E-state index in [0.717, 1.165) is 45.3 Å². The monoisotopic (exact) mass is 318 g/mol. The Morgan fingerprint density at radius 3 is 2.83 bits per heavy atom. The van der Waals surface area contributed by atoms with Crippen molar-refractivity contribution in [2.45, 2.75) is 26.8 Å². The number of hydrogen-bond donors (Lipinski definition) is 1. The largest absolute Gasteiger partial charge is 0.383 e. The number of rotatable bonds is 3. The lowest BCUT2D eigenvalue weighted by molar-refractivity contribution is 0.684. The van der Waals surface area contributed by atoms with Crippen molar-refractivity contribution in [2.75, 3.05) is 5.73 Å². The Hall–Kier alpha value is -3.02. The van der Waals surface area contributed by atoms with Crippen molar-refractivity contribution >= 4 is 27.8 Å². The van der Waals surface area contributed by atoms with Gasteiger partial charge in [-0.05, 0) is 31.0 Å². The summed E-state index contributed by atoms with van der Waals surface area (Å²) in [7, 11) is 0. The van der Waals surface area contributed by atoms with Crippen LogP contribution in [-0.4, -0.2) is 24.7 Å².